The van der Waals surface area contributed by atoms with Gasteiger partial charge < -0.3 is 14.2 Å². The number of rotatable bonds is 55. The lowest BCUT2D eigenvalue weighted by Crippen LogP contribution is -2.30. The number of unbranched alkanes of at least 4 members (excludes halogenated alkanes) is 41. The highest BCUT2D eigenvalue weighted by atomic mass is 16.6. The first kappa shape index (κ1) is 64.4. The lowest BCUT2D eigenvalue weighted by Gasteiger charge is -2.18. The Morgan fingerprint density at radius 2 is 0.530 bits per heavy atom. The first-order valence-electron chi connectivity index (χ1n) is 29.9. The lowest BCUT2D eigenvalue weighted by atomic mass is 9.99. The second kappa shape index (κ2) is 54.4. The Morgan fingerprint density at radius 3 is 0.788 bits per heavy atom. The summed E-state index contributed by atoms with van der Waals surface area (Å²) >= 11 is 0. The second-order valence-electron chi connectivity index (χ2n) is 20.9. The van der Waals surface area contributed by atoms with Crippen LogP contribution >= 0.6 is 0 Å². The molecule has 6 nitrogen and oxygen atoms in total. The van der Waals surface area contributed by atoms with Gasteiger partial charge in [0.2, 0.25) is 0 Å². The quantitative estimate of drug-likeness (QED) is 0.0343. The van der Waals surface area contributed by atoms with Crippen molar-refractivity contribution in [1.82, 2.24) is 0 Å². The molecule has 0 aliphatic carbocycles. The fraction of sp³-hybridized carbons (Fsp3) is 0.950. The van der Waals surface area contributed by atoms with Crippen LogP contribution in [0.5, 0.6) is 0 Å². The molecule has 0 saturated heterocycles. The van der Waals surface area contributed by atoms with E-state index in [4.69, 9.17) is 14.2 Å². The third-order valence-corrected chi connectivity index (χ3v) is 14.2. The van der Waals surface area contributed by atoms with Crippen LogP contribution in [0.15, 0.2) is 0 Å². The van der Waals surface area contributed by atoms with Crippen LogP contribution in [0.1, 0.15) is 342 Å². The van der Waals surface area contributed by atoms with E-state index < -0.39 is 6.10 Å². The smallest absolute Gasteiger partial charge is 0.306 e. The molecule has 66 heavy (non-hydrogen) atoms. The van der Waals surface area contributed by atoms with E-state index in [-0.39, 0.29) is 31.1 Å². The Morgan fingerprint density at radius 1 is 0.303 bits per heavy atom. The SMILES string of the molecule is CCCCCCCCCCCCCCCCCCCCCC(=O)OC[C@@H](COC(=O)CCCCCCCCCCCCCCCCC(C)CC)OC(=O)CCCCCCCCCCCCC. The van der Waals surface area contributed by atoms with Crippen molar-refractivity contribution in [3.63, 3.8) is 0 Å². The Hall–Kier alpha value is -1.59. The van der Waals surface area contributed by atoms with Crippen molar-refractivity contribution in [1.29, 1.82) is 0 Å². The van der Waals surface area contributed by atoms with Gasteiger partial charge >= 0.3 is 17.9 Å². The zero-order valence-electron chi connectivity index (χ0n) is 45.2. The molecule has 0 aromatic heterocycles. The van der Waals surface area contributed by atoms with Crippen molar-refractivity contribution in [2.24, 2.45) is 5.92 Å². The third kappa shape index (κ3) is 51.8. The summed E-state index contributed by atoms with van der Waals surface area (Å²) in [5.74, 6) is 0.0611. The van der Waals surface area contributed by atoms with Crippen molar-refractivity contribution in [2.45, 2.75) is 348 Å². The van der Waals surface area contributed by atoms with Crippen molar-refractivity contribution in [2.75, 3.05) is 13.2 Å². The fourth-order valence-corrected chi connectivity index (χ4v) is 9.25. The van der Waals surface area contributed by atoms with Crippen molar-refractivity contribution in [3.8, 4) is 0 Å². The summed E-state index contributed by atoms with van der Waals surface area (Å²) in [5, 5.41) is 0. The molecule has 0 bridgehead atoms. The van der Waals surface area contributed by atoms with Gasteiger partial charge in [-0.05, 0) is 25.2 Å². The highest BCUT2D eigenvalue weighted by molar-refractivity contribution is 5.71. The van der Waals surface area contributed by atoms with Crippen LogP contribution in [0.2, 0.25) is 0 Å². The Bertz CT molecular complexity index is 998. The molecule has 0 aliphatic rings. The highest BCUT2D eigenvalue weighted by Gasteiger charge is 2.19. The zero-order valence-corrected chi connectivity index (χ0v) is 45.2. The summed E-state index contributed by atoms with van der Waals surface area (Å²) in [5.41, 5.74) is 0. The van der Waals surface area contributed by atoms with Crippen LogP contribution in [0, 0.1) is 5.92 Å². The first-order valence-corrected chi connectivity index (χ1v) is 29.9. The summed E-state index contributed by atoms with van der Waals surface area (Å²) in [4.78, 5) is 38.1. The molecule has 0 aromatic rings. The summed E-state index contributed by atoms with van der Waals surface area (Å²) in [6.45, 7) is 9.10. The largest absolute Gasteiger partial charge is 0.462 e. The molecule has 0 aromatic carbocycles. The van der Waals surface area contributed by atoms with E-state index in [1.165, 1.54) is 238 Å². The van der Waals surface area contributed by atoms with Crippen LogP contribution < -0.4 is 0 Å². The minimum absolute atomic E-state index is 0.0618. The Kier molecular flexibility index (Phi) is 53.0. The molecule has 0 fully saturated rings. The van der Waals surface area contributed by atoms with Gasteiger partial charge in [0.15, 0.2) is 6.10 Å². The fourth-order valence-electron chi connectivity index (χ4n) is 9.25. The minimum Gasteiger partial charge on any atom is -0.462 e. The monoisotopic (exact) mass is 933 g/mol. The Balaban J connectivity index is 4.22. The summed E-state index contributed by atoms with van der Waals surface area (Å²) in [6, 6.07) is 0. The van der Waals surface area contributed by atoms with Crippen LogP contribution in [0.25, 0.3) is 0 Å². The van der Waals surface area contributed by atoms with Gasteiger partial charge in [0.1, 0.15) is 13.2 Å². The molecule has 0 rings (SSSR count). The number of carbonyl (C=O) groups is 3. The second-order valence-corrected chi connectivity index (χ2v) is 20.9. The molecule has 0 saturated carbocycles. The molecule has 0 aliphatic heterocycles. The van der Waals surface area contributed by atoms with Gasteiger partial charge in [-0.3, -0.25) is 14.4 Å². The van der Waals surface area contributed by atoms with Gasteiger partial charge in [-0.2, -0.15) is 0 Å². The maximum atomic E-state index is 12.8. The number of ether oxygens (including phenoxy) is 3. The predicted molar refractivity (Wildman–Crippen MR) is 284 cm³/mol. The van der Waals surface area contributed by atoms with Crippen LogP contribution in [-0.2, 0) is 28.6 Å². The first-order chi connectivity index (χ1) is 32.4. The van der Waals surface area contributed by atoms with Gasteiger partial charge in [0.25, 0.3) is 0 Å². The van der Waals surface area contributed by atoms with Gasteiger partial charge in [-0.25, -0.2) is 0 Å². The summed E-state index contributed by atoms with van der Waals surface area (Å²) in [6.07, 6.45) is 59.5. The van der Waals surface area contributed by atoms with Crippen molar-refractivity contribution < 1.29 is 28.6 Å². The standard InChI is InChI=1S/C60H116O6/c1-5-8-10-12-14-16-18-19-20-21-22-23-24-28-32-35-39-43-47-51-58(61)64-54-57(66-60(63)53-49-45-41-37-30-17-15-13-11-9-6-2)55-65-59(62)52-48-44-40-36-33-29-26-25-27-31-34-38-42-46-50-56(4)7-3/h56-57H,5-55H2,1-4H3/t56?,57-/m0/s1. The number of esters is 3. The topological polar surface area (TPSA) is 78.9 Å². The molecule has 2 atom stereocenters. The van der Waals surface area contributed by atoms with Crippen LogP contribution in [-0.4, -0.2) is 37.2 Å². The maximum absolute atomic E-state index is 12.8. The molecular weight excluding hydrogens is 817 g/mol. The normalized spacial score (nSPS) is 12.4. The van der Waals surface area contributed by atoms with Crippen molar-refractivity contribution >= 4 is 17.9 Å². The predicted octanol–water partition coefficient (Wildman–Crippen LogP) is 19.8. The molecule has 392 valence electrons. The van der Waals surface area contributed by atoms with Gasteiger partial charge in [-0.15, -0.1) is 0 Å². The highest BCUT2D eigenvalue weighted by Crippen LogP contribution is 2.19. The van der Waals surface area contributed by atoms with E-state index in [1.807, 2.05) is 0 Å². The molecule has 1 unspecified atom stereocenters. The molecule has 0 amide bonds. The van der Waals surface area contributed by atoms with Gasteiger partial charge in [-0.1, -0.05) is 304 Å². The zero-order chi connectivity index (χ0) is 48.1. The van der Waals surface area contributed by atoms with E-state index in [9.17, 15) is 14.4 Å². The van der Waals surface area contributed by atoms with E-state index in [0.29, 0.717) is 19.3 Å². The van der Waals surface area contributed by atoms with E-state index in [1.54, 1.807) is 0 Å². The van der Waals surface area contributed by atoms with Crippen LogP contribution in [0.4, 0.5) is 0 Å². The third-order valence-electron chi connectivity index (χ3n) is 14.2. The van der Waals surface area contributed by atoms with E-state index in [0.717, 1.165) is 63.7 Å². The van der Waals surface area contributed by atoms with Crippen LogP contribution in [0.3, 0.4) is 0 Å². The van der Waals surface area contributed by atoms with Gasteiger partial charge in [0.05, 0.1) is 0 Å². The molecule has 0 heterocycles. The number of hydrogen-bond acceptors (Lipinski definition) is 6. The Labute approximate surface area is 412 Å². The number of hydrogen-bond donors (Lipinski definition) is 0. The molecule has 0 radical (unpaired) electrons. The van der Waals surface area contributed by atoms with Crippen molar-refractivity contribution in [3.05, 3.63) is 0 Å². The number of carbonyl (C=O) groups excluding carboxylic acids is 3. The van der Waals surface area contributed by atoms with E-state index in [2.05, 4.69) is 27.7 Å². The van der Waals surface area contributed by atoms with E-state index >= 15 is 0 Å². The van der Waals surface area contributed by atoms with Gasteiger partial charge in [0, 0.05) is 19.3 Å². The summed E-state index contributed by atoms with van der Waals surface area (Å²) in [7, 11) is 0. The lowest BCUT2D eigenvalue weighted by molar-refractivity contribution is -0.167. The average Bonchev–Trinajstić information content (AvgIpc) is 3.32. The maximum Gasteiger partial charge on any atom is 0.306 e. The average molecular weight is 934 g/mol. The molecule has 0 N–H and O–H groups in total. The molecule has 6 heteroatoms. The molecule has 0 spiro atoms. The molecular formula is C60H116O6. The summed E-state index contributed by atoms with van der Waals surface area (Å²) < 4.78 is 16.9. The minimum atomic E-state index is -0.761.